The first-order valence-electron chi connectivity index (χ1n) is 8.79. The van der Waals surface area contributed by atoms with Crippen molar-refractivity contribution in [1.29, 1.82) is 0 Å². The number of hydrogen-bond acceptors (Lipinski definition) is 6. The van der Waals surface area contributed by atoms with Crippen LogP contribution in [0.4, 0.5) is 38.4 Å². The van der Waals surface area contributed by atoms with Crippen molar-refractivity contribution < 1.29 is 37.4 Å². The fraction of sp³-hybridized carbons (Fsp3) is 0.118. The summed E-state index contributed by atoms with van der Waals surface area (Å²) in [6.07, 6.45) is 0.0751. The number of nitrogens with one attached hydrogen (secondary N) is 1. The summed E-state index contributed by atoms with van der Waals surface area (Å²) in [7, 11) is -8.98. The maximum absolute atomic E-state index is 13.2. The van der Waals surface area contributed by atoms with Crippen LogP contribution in [0.2, 0.25) is 0 Å². The lowest BCUT2D eigenvalue weighted by Crippen LogP contribution is -2.38. The molecule has 3 aromatic rings. The minimum Gasteiger partial charge on any atom is -0.271 e. The van der Waals surface area contributed by atoms with E-state index in [1.807, 2.05) is 0 Å². The van der Waals surface area contributed by atoms with Crippen molar-refractivity contribution in [1.82, 2.24) is 30.2 Å². The Labute approximate surface area is 185 Å². The fourth-order valence-electron chi connectivity index (χ4n) is 2.48. The van der Waals surface area contributed by atoms with Gasteiger partial charge in [-0.25, -0.2) is 19.6 Å². The molecule has 0 aliphatic carbocycles. The number of aromatic nitrogens is 5. The molecule has 0 aliphatic heterocycles. The second-order valence-corrected chi connectivity index (χ2v) is 9.09. The molecule has 34 heavy (non-hydrogen) atoms. The van der Waals surface area contributed by atoms with Gasteiger partial charge in [-0.05, 0) is 18.2 Å². The molecule has 17 heteroatoms. The molecule has 8 nitrogen and oxygen atoms in total. The smallest absolute Gasteiger partial charge is 0.271 e. The Kier molecular flexibility index (Phi) is 5.59. The van der Waals surface area contributed by atoms with Crippen molar-refractivity contribution >= 4 is 28.1 Å². The Morgan fingerprint density at radius 1 is 1.12 bits per heavy atom. The third-order valence-corrected chi connectivity index (χ3v) is 5.14. The van der Waals surface area contributed by atoms with Gasteiger partial charge in [-0.1, -0.05) is 19.4 Å². The lowest BCUT2D eigenvalue weighted by molar-refractivity contribution is -0.137. The molecule has 3 rings (SSSR count). The molecule has 0 atom stereocenters. The number of benzene rings is 1. The maximum atomic E-state index is 13.2. The minimum atomic E-state index is -10.4. The fourth-order valence-corrected chi connectivity index (χ4v) is 3.18. The van der Waals surface area contributed by atoms with Crippen LogP contribution >= 0.6 is 10.2 Å². The van der Waals surface area contributed by atoms with E-state index in [4.69, 9.17) is 0 Å². The van der Waals surface area contributed by atoms with E-state index in [1.165, 1.54) is 30.6 Å². The molecule has 0 aliphatic rings. The normalized spacial score (nSPS) is 14.5. The SMILES string of the molecule is CN(NC(=O)/C=C\n1cnc(-c2cc(C(F)(F)F)cc(S(F)(F)(F)(F)F)c2)n1)c1ccncn1. The standard InChI is InChI=1S/C17H13F8N7OS/c1-31(14-2-4-26-9-27-14)29-15(33)3-5-32-10-28-16(30-32)11-6-12(17(18,19)20)8-13(7-11)34(21,22,23,24)25/h2-10H,1H3,(H,29,33)/b5-3-. The summed E-state index contributed by atoms with van der Waals surface area (Å²) in [5, 5.41) is 4.86. The Morgan fingerprint density at radius 2 is 1.82 bits per heavy atom. The van der Waals surface area contributed by atoms with Gasteiger partial charge in [0.05, 0.1) is 5.56 Å². The van der Waals surface area contributed by atoms with E-state index < -0.39 is 50.2 Å². The number of hydrogen-bond donors (Lipinski definition) is 1. The van der Waals surface area contributed by atoms with Gasteiger partial charge in [0, 0.05) is 37.2 Å². The second kappa shape index (κ2) is 7.64. The number of rotatable bonds is 6. The maximum Gasteiger partial charge on any atom is 0.416 e. The zero-order valence-corrected chi connectivity index (χ0v) is 17.5. The van der Waals surface area contributed by atoms with E-state index in [2.05, 4.69) is 25.5 Å². The molecule has 1 amide bonds. The van der Waals surface area contributed by atoms with Crippen LogP contribution in [0.15, 0.2) is 54.1 Å². The molecule has 0 unspecified atom stereocenters. The van der Waals surface area contributed by atoms with Crippen molar-refractivity contribution in [3.8, 4) is 11.4 Å². The molecule has 0 bridgehead atoms. The molecule has 0 fully saturated rings. The molecule has 2 aromatic heterocycles. The Morgan fingerprint density at radius 3 is 2.41 bits per heavy atom. The number of carbonyl (C=O) groups excluding carboxylic acids is 1. The predicted octanol–water partition coefficient (Wildman–Crippen LogP) is 5.05. The van der Waals surface area contributed by atoms with E-state index >= 15 is 0 Å². The Bertz CT molecular complexity index is 1240. The van der Waals surface area contributed by atoms with Crippen LogP contribution in [-0.2, 0) is 11.0 Å². The molecular weight excluding hydrogens is 502 g/mol. The van der Waals surface area contributed by atoms with Gasteiger partial charge in [0.25, 0.3) is 5.91 Å². The van der Waals surface area contributed by atoms with E-state index in [-0.39, 0.29) is 12.1 Å². The topological polar surface area (TPSA) is 88.8 Å². The summed E-state index contributed by atoms with van der Waals surface area (Å²) in [6, 6.07) is 0.868. The number of halogens is 8. The summed E-state index contributed by atoms with van der Waals surface area (Å²) in [5.74, 6) is -1.08. The second-order valence-electron chi connectivity index (χ2n) is 6.68. The third kappa shape index (κ3) is 6.18. The molecule has 2 heterocycles. The minimum absolute atomic E-state index is 0.163. The van der Waals surface area contributed by atoms with Crippen LogP contribution in [0, 0.1) is 0 Å². The summed E-state index contributed by atoms with van der Waals surface area (Å²) in [6.45, 7) is 0. The van der Waals surface area contributed by atoms with Crippen molar-refractivity contribution in [2.24, 2.45) is 0 Å². The average molecular weight is 515 g/mol. The van der Waals surface area contributed by atoms with Gasteiger partial charge in [-0.3, -0.25) is 15.2 Å². The number of anilines is 1. The number of amides is 1. The van der Waals surface area contributed by atoms with Crippen molar-refractivity contribution in [3.05, 3.63) is 54.8 Å². The van der Waals surface area contributed by atoms with E-state index in [9.17, 15) is 37.4 Å². The van der Waals surface area contributed by atoms with E-state index in [0.717, 1.165) is 23.3 Å². The number of carbonyl (C=O) groups is 1. The first-order chi connectivity index (χ1) is 15.4. The summed E-state index contributed by atoms with van der Waals surface area (Å²) < 4.78 is 106. The number of hydrazine groups is 1. The van der Waals surface area contributed by atoms with E-state index in [0.29, 0.717) is 5.82 Å². The highest BCUT2D eigenvalue weighted by Crippen LogP contribution is 3.02. The summed E-state index contributed by atoms with van der Waals surface area (Å²) in [5.41, 5.74) is -0.510. The van der Waals surface area contributed by atoms with Crippen LogP contribution in [-0.4, -0.2) is 37.7 Å². The van der Waals surface area contributed by atoms with Crippen molar-refractivity contribution in [2.45, 2.75) is 11.1 Å². The lowest BCUT2D eigenvalue weighted by atomic mass is 10.1. The lowest BCUT2D eigenvalue weighted by Gasteiger charge is -2.40. The predicted molar refractivity (Wildman–Crippen MR) is 106 cm³/mol. The molecule has 1 aromatic carbocycles. The van der Waals surface area contributed by atoms with Gasteiger partial charge in [0.1, 0.15) is 23.4 Å². The highest BCUT2D eigenvalue weighted by molar-refractivity contribution is 8.45. The molecule has 184 valence electrons. The summed E-state index contributed by atoms with van der Waals surface area (Å²) in [4.78, 5) is 20.4. The van der Waals surface area contributed by atoms with Crippen molar-refractivity contribution in [2.75, 3.05) is 12.1 Å². The first kappa shape index (κ1) is 24.9. The van der Waals surface area contributed by atoms with Crippen LogP contribution in [0.25, 0.3) is 17.6 Å². The molecule has 0 saturated carbocycles. The molecular formula is C17H13F8N7OS. The highest BCUT2D eigenvalue weighted by atomic mass is 32.5. The Balaban J connectivity index is 1.86. The van der Waals surface area contributed by atoms with Gasteiger partial charge in [-0.2, -0.15) is 13.2 Å². The van der Waals surface area contributed by atoms with Gasteiger partial charge in [-0.15, -0.1) is 5.10 Å². The third-order valence-electron chi connectivity index (χ3n) is 4.01. The summed E-state index contributed by atoms with van der Waals surface area (Å²) >= 11 is 0. The van der Waals surface area contributed by atoms with Crippen molar-refractivity contribution in [3.63, 3.8) is 0 Å². The molecule has 0 spiro atoms. The molecule has 1 N–H and O–H groups in total. The number of nitrogens with zero attached hydrogens (tertiary/aromatic N) is 6. The number of alkyl halides is 3. The quantitative estimate of drug-likeness (QED) is 0.281. The molecule has 0 saturated heterocycles. The van der Waals surface area contributed by atoms with Crippen LogP contribution in [0.5, 0.6) is 0 Å². The van der Waals surface area contributed by atoms with Crippen LogP contribution in [0.1, 0.15) is 5.56 Å². The van der Waals surface area contributed by atoms with Crippen LogP contribution < -0.4 is 10.4 Å². The van der Waals surface area contributed by atoms with Gasteiger partial charge in [0.2, 0.25) is 0 Å². The van der Waals surface area contributed by atoms with Gasteiger partial charge in [0.15, 0.2) is 5.82 Å². The highest BCUT2D eigenvalue weighted by Gasteiger charge is 2.66. The van der Waals surface area contributed by atoms with Gasteiger partial charge >= 0.3 is 16.4 Å². The average Bonchev–Trinajstić information content (AvgIpc) is 3.19. The molecule has 0 radical (unpaired) electrons. The van der Waals surface area contributed by atoms with Gasteiger partial charge < -0.3 is 0 Å². The van der Waals surface area contributed by atoms with E-state index in [1.54, 1.807) is 0 Å². The first-order valence-corrected chi connectivity index (χ1v) is 10.7. The zero-order chi connectivity index (χ0) is 25.4. The van der Waals surface area contributed by atoms with Crippen LogP contribution in [0.3, 0.4) is 0 Å². The largest absolute Gasteiger partial charge is 0.416 e. The monoisotopic (exact) mass is 515 g/mol. The Hall–Kier alpha value is -3.76. The zero-order valence-electron chi connectivity index (χ0n) is 16.7.